The van der Waals surface area contributed by atoms with Crippen molar-refractivity contribution in [3.05, 3.63) is 64.7 Å². The Morgan fingerprint density at radius 1 is 1.08 bits per heavy atom. The summed E-state index contributed by atoms with van der Waals surface area (Å²) in [7, 11) is 0. The van der Waals surface area contributed by atoms with Gasteiger partial charge in [-0.05, 0) is 42.7 Å². The number of hydrogen-bond acceptors (Lipinski definition) is 3. The maximum atomic E-state index is 13.8. The molecule has 0 aliphatic rings. The minimum Gasteiger partial charge on any atom is -0.420 e. The number of unbranched alkanes of at least 4 members (excludes halogenated alkanes) is 2. The Balaban J connectivity index is 2.08. The van der Waals surface area contributed by atoms with Crippen molar-refractivity contribution in [2.45, 2.75) is 32.6 Å². The van der Waals surface area contributed by atoms with Crippen molar-refractivity contribution in [2.75, 3.05) is 0 Å². The monoisotopic (exact) mass is 329 g/mol. The van der Waals surface area contributed by atoms with Crippen LogP contribution in [0.4, 0.5) is 8.78 Å². The minimum absolute atomic E-state index is 0.249. The predicted octanol–water partition coefficient (Wildman–Crippen LogP) is 4.79. The summed E-state index contributed by atoms with van der Waals surface area (Å²) < 4.78 is 32.2. The zero-order chi connectivity index (χ0) is 17.5. The lowest BCUT2D eigenvalue weighted by Crippen LogP contribution is -2.10. The lowest BCUT2D eigenvalue weighted by Gasteiger charge is -2.07. The van der Waals surface area contributed by atoms with Crippen LogP contribution >= 0.6 is 0 Å². The van der Waals surface area contributed by atoms with E-state index in [1.165, 1.54) is 6.07 Å². The molecule has 0 unspecified atom stereocenters. The van der Waals surface area contributed by atoms with Gasteiger partial charge in [0.05, 0.1) is 11.1 Å². The van der Waals surface area contributed by atoms with Crippen LogP contribution in [0.5, 0.6) is 5.75 Å². The fourth-order valence-corrected chi connectivity index (χ4v) is 2.24. The number of nitrogens with zero attached hydrogens (tertiary/aromatic N) is 1. The van der Waals surface area contributed by atoms with Gasteiger partial charge in [-0.25, -0.2) is 9.18 Å². The van der Waals surface area contributed by atoms with Crippen LogP contribution in [0.3, 0.4) is 0 Å². The normalized spacial score (nSPS) is 10.2. The molecule has 0 spiro atoms. The summed E-state index contributed by atoms with van der Waals surface area (Å²) in [6, 6.07) is 10.5. The Kier molecular flexibility index (Phi) is 6.02. The second kappa shape index (κ2) is 8.21. The van der Waals surface area contributed by atoms with Gasteiger partial charge in [-0.3, -0.25) is 0 Å². The Morgan fingerprint density at radius 2 is 1.79 bits per heavy atom. The smallest absolute Gasteiger partial charge is 0.343 e. The van der Waals surface area contributed by atoms with Crippen LogP contribution in [0.1, 0.15) is 47.7 Å². The highest BCUT2D eigenvalue weighted by Crippen LogP contribution is 2.23. The Bertz CT molecular complexity index is 764. The molecule has 24 heavy (non-hydrogen) atoms. The van der Waals surface area contributed by atoms with Gasteiger partial charge in [0.2, 0.25) is 5.82 Å². The van der Waals surface area contributed by atoms with Crippen molar-refractivity contribution in [3.63, 3.8) is 0 Å². The van der Waals surface area contributed by atoms with Gasteiger partial charge in [0.1, 0.15) is 6.07 Å². The van der Waals surface area contributed by atoms with Gasteiger partial charge in [-0.1, -0.05) is 31.9 Å². The number of carbonyl (C=O) groups is 1. The molecule has 0 bridgehead atoms. The Hall–Kier alpha value is -2.74. The van der Waals surface area contributed by atoms with Crippen molar-refractivity contribution in [3.8, 4) is 11.8 Å². The van der Waals surface area contributed by atoms with Crippen LogP contribution in [0, 0.1) is 23.0 Å². The molecule has 0 radical (unpaired) electrons. The molecule has 0 amide bonds. The van der Waals surface area contributed by atoms with Gasteiger partial charge >= 0.3 is 5.97 Å². The van der Waals surface area contributed by atoms with E-state index >= 15 is 0 Å². The molecule has 2 aromatic rings. The number of ether oxygens (including phenoxy) is 1. The number of rotatable bonds is 6. The second-order valence-corrected chi connectivity index (χ2v) is 5.39. The average molecular weight is 329 g/mol. The van der Waals surface area contributed by atoms with Crippen molar-refractivity contribution >= 4 is 5.97 Å². The molecule has 0 saturated heterocycles. The number of benzene rings is 2. The third kappa shape index (κ3) is 4.17. The van der Waals surface area contributed by atoms with Gasteiger partial charge in [0, 0.05) is 0 Å². The van der Waals surface area contributed by atoms with Gasteiger partial charge in [0.15, 0.2) is 11.6 Å². The van der Waals surface area contributed by atoms with Crippen LogP contribution < -0.4 is 4.74 Å². The second-order valence-electron chi connectivity index (χ2n) is 5.39. The van der Waals surface area contributed by atoms with Crippen molar-refractivity contribution in [1.82, 2.24) is 0 Å². The van der Waals surface area contributed by atoms with Crippen molar-refractivity contribution in [1.29, 1.82) is 5.26 Å². The number of aryl methyl sites for hydroxylation is 1. The van der Waals surface area contributed by atoms with E-state index in [9.17, 15) is 13.6 Å². The van der Waals surface area contributed by atoms with E-state index < -0.39 is 28.9 Å². The molecule has 5 heteroatoms. The largest absolute Gasteiger partial charge is 0.420 e. The van der Waals surface area contributed by atoms with Crippen LogP contribution in [0.15, 0.2) is 36.4 Å². The van der Waals surface area contributed by atoms with E-state index in [2.05, 4.69) is 6.92 Å². The van der Waals surface area contributed by atoms with Gasteiger partial charge < -0.3 is 4.74 Å². The molecule has 124 valence electrons. The topological polar surface area (TPSA) is 50.1 Å². The van der Waals surface area contributed by atoms with E-state index in [0.29, 0.717) is 0 Å². The fraction of sp³-hybridized carbons (Fsp3) is 0.263. The first-order valence-corrected chi connectivity index (χ1v) is 7.76. The van der Waals surface area contributed by atoms with Gasteiger partial charge in [-0.2, -0.15) is 9.65 Å². The van der Waals surface area contributed by atoms with E-state index in [-0.39, 0.29) is 5.56 Å². The highest BCUT2D eigenvalue weighted by Gasteiger charge is 2.17. The number of hydrogen-bond donors (Lipinski definition) is 0. The quantitative estimate of drug-likeness (QED) is 0.435. The zero-order valence-corrected chi connectivity index (χ0v) is 13.3. The van der Waals surface area contributed by atoms with Crippen LogP contribution in [-0.4, -0.2) is 5.97 Å². The van der Waals surface area contributed by atoms with Crippen LogP contribution in [0.2, 0.25) is 0 Å². The molecule has 2 rings (SSSR count). The summed E-state index contributed by atoms with van der Waals surface area (Å²) in [5.41, 5.74) is 0.915. The number of carbonyl (C=O) groups excluding carboxylic acids is 1. The Labute approximate surface area is 139 Å². The molecule has 0 saturated carbocycles. The maximum Gasteiger partial charge on any atom is 0.343 e. The average Bonchev–Trinajstić information content (AvgIpc) is 2.60. The summed E-state index contributed by atoms with van der Waals surface area (Å²) in [5.74, 6) is -3.99. The van der Waals surface area contributed by atoms with E-state index in [0.717, 1.165) is 43.4 Å². The molecule has 0 atom stereocenters. The van der Waals surface area contributed by atoms with E-state index in [1.807, 2.05) is 12.1 Å². The molecule has 0 aliphatic carbocycles. The maximum absolute atomic E-state index is 13.8. The van der Waals surface area contributed by atoms with Gasteiger partial charge in [0.25, 0.3) is 0 Å². The third-order valence-corrected chi connectivity index (χ3v) is 3.63. The first-order chi connectivity index (χ1) is 11.6. The number of nitriles is 1. The summed E-state index contributed by atoms with van der Waals surface area (Å²) in [6.45, 7) is 2.13. The lowest BCUT2D eigenvalue weighted by atomic mass is 10.1. The number of halogens is 2. The molecule has 3 nitrogen and oxygen atoms in total. The van der Waals surface area contributed by atoms with Gasteiger partial charge in [-0.15, -0.1) is 0 Å². The molecule has 0 aromatic heterocycles. The molecule has 0 fully saturated rings. The minimum atomic E-state index is -1.35. The highest BCUT2D eigenvalue weighted by molar-refractivity contribution is 5.91. The number of esters is 1. The summed E-state index contributed by atoms with van der Waals surface area (Å²) in [4.78, 5) is 12.0. The fourth-order valence-electron chi connectivity index (χ4n) is 2.24. The SMILES string of the molecule is CCCCCc1ccc(C(=O)Oc2ccc(C#N)c(F)c2F)cc1. The van der Waals surface area contributed by atoms with Crippen LogP contribution in [-0.2, 0) is 6.42 Å². The summed E-state index contributed by atoms with van der Waals surface area (Å²) in [5, 5.41) is 8.63. The lowest BCUT2D eigenvalue weighted by molar-refractivity contribution is 0.0726. The first-order valence-electron chi connectivity index (χ1n) is 7.76. The molecule has 0 N–H and O–H groups in total. The third-order valence-electron chi connectivity index (χ3n) is 3.63. The predicted molar refractivity (Wildman–Crippen MR) is 85.7 cm³/mol. The van der Waals surface area contributed by atoms with E-state index in [1.54, 1.807) is 12.1 Å². The van der Waals surface area contributed by atoms with Crippen molar-refractivity contribution < 1.29 is 18.3 Å². The molecular weight excluding hydrogens is 312 g/mol. The first kappa shape index (κ1) is 17.6. The zero-order valence-electron chi connectivity index (χ0n) is 13.3. The molecule has 2 aromatic carbocycles. The van der Waals surface area contributed by atoms with Crippen LogP contribution in [0.25, 0.3) is 0 Å². The molecule has 0 aliphatic heterocycles. The molecule has 0 heterocycles. The standard InChI is InChI=1S/C19H17F2NO2/c1-2-3-4-5-13-6-8-14(9-7-13)19(23)24-16-11-10-15(12-22)17(20)18(16)21/h6-11H,2-5H2,1H3. The van der Waals surface area contributed by atoms with Crippen molar-refractivity contribution in [2.24, 2.45) is 0 Å². The molecular formula is C19H17F2NO2. The summed E-state index contributed by atoms with van der Waals surface area (Å²) in [6.07, 6.45) is 4.29. The van der Waals surface area contributed by atoms with E-state index in [4.69, 9.17) is 10.00 Å². The highest BCUT2D eigenvalue weighted by atomic mass is 19.2. The Morgan fingerprint density at radius 3 is 2.42 bits per heavy atom. The summed E-state index contributed by atoms with van der Waals surface area (Å²) >= 11 is 0.